The summed E-state index contributed by atoms with van der Waals surface area (Å²) in [5.41, 5.74) is 1.25. The van der Waals surface area contributed by atoms with Gasteiger partial charge in [0.1, 0.15) is 18.1 Å². The van der Waals surface area contributed by atoms with Gasteiger partial charge in [0.15, 0.2) is 0 Å². The summed E-state index contributed by atoms with van der Waals surface area (Å²) in [7, 11) is 0. The quantitative estimate of drug-likeness (QED) is 0.737. The molecule has 0 spiro atoms. The van der Waals surface area contributed by atoms with E-state index in [2.05, 4.69) is 5.32 Å². The molecule has 28 heavy (non-hydrogen) atoms. The van der Waals surface area contributed by atoms with Crippen molar-refractivity contribution >= 4 is 12.4 Å². The molecule has 0 bridgehead atoms. The van der Waals surface area contributed by atoms with Crippen molar-refractivity contribution in [2.45, 2.75) is 25.2 Å². The molecule has 154 valence electrons. The zero-order chi connectivity index (χ0) is 19.3. The first-order valence-corrected chi connectivity index (χ1v) is 8.93. The first-order chi connectivity index (χ1) is 12.9. The number of ether oxygens (including phenoxy) is 1. The maximum atomic E-state index is 13.1. The minimum atomic E-state index is -4.32. The third-order valence-corrected chi connectivity index (χ3v) is 4.63. The fourth-order valence-electron chi connectivity index (χ4n) is 3.28. The Morgan fingerprint density at radius 3 is 2.36 bits per heavy atom. The Labute approximate surface area is 168 Å². The van der Waals surface area contributed by atoms with E-state index in [1.807, 2.05) is 30.3 Å². The third kappa shape index (κ3) is 6.29. The number of hydrogen-bond donors (Lipinski definition) is 2. The van der Waals surface area contributed by atoms with E-state index in [1.54, 1.807) is 11.0 Å². The molecule has 2 N–H and O–H groups in total. The lowest BCUT2D eigenvalue weighted by molar-refractivity contribution is -0.148. The minimum Gasteiger partial charge on any atom is -0.507 e. The third-order valence-electron chi connectivity index (χ3n) is 4.63. The van der Waals surface area contributed by atoms with Crippen LogP contribution in [-0.4, -0.2) is 42.4 Å². The van der Waals surface area contributed by atoms with Gasteiger partial charge in [-0.25, -0.2) is 0 Å². The molecule has 0 amide bonds. The molecule has 1 aliphatic heterocycles. The summed E-state index contributed by atoms with van der Waals surface area (Å²) in [4.78, 5) is 1.77. The number of nitrogens with zero attached hydrogens (tertiary/aromatic N) is 1. The van der Waals surface area contributed by atoms with E-state index >= 15 is 0 Å². The number of rotatable bonds is 6. The summed E-state index contributed by atoms with van der Waals surface area (Å²) in [6.07, 6.45) is -5.31. The van der Waals surface area contributed by atoms with E-state index in [9.17, 15) is 18.3 Å². The lowest BCUT2D eigenvalue weighted by Crippen LogP contribution is -2.46. The summed E-state index contributed by atoms with van der Waals surface area (Å²) in [6, 6.07) is 13.2. The topological polar surface area (TPSA) is 44.7 Å². The van der Waals surface area contributed by atoms with Crippen LogP contribution in [0.4, 0.5) is 13.2 Å². The van der Waals surface area contributed by atoms with Crippen molar-refractivity contribution in [1.82, 2.24) is 10.2 Å². The Kier molecular flexibility index (Phi) is 7.98. The van der Waals surface area contributed by atoms with Gasteiger partial charge in [0.2, 0.25) is 0 Å². The van der Waals surface area contributed by atoms with E-state index in [-0.39, 0.29) is 23.7 Å². The molecule has 1 atom stereocenters. The van der Waals surface area contributed by atoms with E-state index in [1.165, 1.54) is 12.1 Å². The molecular formula is C20H24ClF3N2O2. The van der Waals surface area contributed by atoms with Crippen LogP contribution in [0.15, 0.2) is 48.5 Å². The number of benzene rings is 2. The average Bonchev–Trinajstić information content (AvgIpc) is 2.66. The van der Waals surface area contributed by atoms with E-state index in [0.717, 1.165) is 5.56 Å². The smallest absolute Gasteiger partial charge is 0.390 e. The summed E-state index contributed by atoms with van der Waals surface area (Å²) in [5.74, 6) is 0.250. The second kappa shape index (κ2) is 10.0. The molecule has 1 fully saturated rings. The first-order valence-electron chi connectivity index (χ1n) is 8.93. The standard InChI is InChI=1S/C20H23F3N2O2.ClH/c21-20(22,23)13-18(25-10-8-24-9-11-25)17-7-6-16(12-19(17)26)27-14-15-4-2-1-3-5-15;/h1-7,12,18,24,26H,8-11,13-14H2;1H/t18-;/m1./s1. The maximum absolute atomic E-state index is 13.1. The van der Waals surface area contributed by atoms with Gasteiger partial charge in [-0.1, -0.05) is 36.4 Å². The minimum absolute atomic E-state index is 0. The molecule has 1 aliphatic rings. The lowest BCUT2D eigenvalue weighted by Gasteiger charge is -2.36. The molecular weight excluding hydrogens is 393 g/mol. The van der Waals surface area contributed by atoms with Crippen molar-refractivity contribution in [3.63, 3.8) is 0 Å². The van der Waals surface area contributed by atoms with Crippen LogP contribution >= 0.6 is 12.4 Å². The van der Waals surface area contributed by atoms with Crippen molar-refractivity contribution in [2.24, 2.45) is 0 Å². The van der Waals surface area contributed by atoms with Gasteiger partial charge in [-0.3, -0.25) is 4.90 Å². The number of phenols is 1. The predicted octanol–water partition coefficient (Wildman–Crippen LogP) is 4.29. The number of halogens is 4. The highest BCUT2D eigenvalue weighted by Crippen LogP contribution is 2.39. The number of piperazine rings is 1. The zero-order valence-corrected chi connectivity index (χ0v) is 16.1. The van der Waals surface area contributed by atoms with Crippen molar-refractivity contribution in [2.75, 3.05) is 26.2 Å². The van der Waals surface area contributed by atoms with Crippen molar-refractivity contribution < 1.29 is 23.0 Å². The van der Waals surface area contributed by atoms with Crippen LogP contribution in [0.25, 0.3) is 0 Å². The second-order valence-electron chi connectivity index (χ2n) is 6.62. The number of nitrogens with one attached hydrogen (secondary N) is 1. The predicted molar refractivity (Wildman–Crippen MR) is 104 cm³/mol. The Morgan fingerprint density at radius 1 is 1.07 bits per heavy atom. The summed E-state index contributed by atoms with van der Waals surface area (Å²) < 4.78 is 45.0. The van der Waals surface area contributed by atoms with Crippen molar-refractivity contribution in [3.8, 4) is 11.5 Å². The molecule has 1 heterocycles. The van der Waals surface area contributed by atoms with Crippen LogP contribution < -0.4 is 10.1 Å². The van der Waals surface area contributed by atoms with Crippen LogP contribution in [-0.2, 0) is 6.61 Å². The van der Waals surface area contributed by atoms with Gasteiger partial charge < -0.3 is 15.2 Å². The molecule has 3 rings (SSSR count). The highest BCUT2D eigenvalue weighted by atomic mass is 35.5. The number of alkyl halides is 3. The number of aromatic hydroxyl groups is 1. The van der Waals surface area contributed by atoms with Gasteiger partial charge in [-0.2, -0.15) is 13.2 Å². The number of phenolic OH excluding ortho intramolecular Hbond substituents is 1. The molecule has 0 aromatic heterocycles. The molecule has 0 saturated carbocycles. The fourth-order valence-corrected chi connectivity index (χ4v) is 3.28. The van der Waals surface area contributed by atoms with Crippen molar-refractivity contribution in [1.29, 1.82) is 0 Å². The average molecular weight is 417 g/mol. The molecule has 0 radical (unpaired) electrons. The summed E-state index contributed by atoms with van der Waals surface area (Å²) in [6.45, 7) is 2.60. The van der Waals surface area contributed by atoms with E-state index in [0.29, 0.717) is 38.5 Å². The van der Waals surface area contributed by atoms with Gasteiger partial charge >= 0.3 is 6.18 Å². The van der Waals surface area contributed by atoms with Crippen LogP contribution in [0.3, 0.4) is 0 Å². The number of hydrogen-bond acceptors (Lipinski definition) is 4. The van der Waals surface area contributed by atoms with Gasteiger partial charge in [0.05, 0.1) is 6.42 Å². The molecule has 2 aromatic carbocycles. The Bertz CT molecular complexity index is 738. The zero-order valence-electron chi connectivity index (χ0n) is 15.3. The van der Waals surface area contributed by atoms with Crippen LogP contribution in [0.1, 0.15) is 23.6 Å². The highest BCUT2D eigenvalue weighted by Gasteiger charge is 2.37. The lowest BCUT2D eigenvalue weighted by atomic mass is 9.99. The van der Waals surface area contributed by atoms with Gasteiger partial charge in [0.25, 0.3) is 0 Å². The molecule has 8 heteroatoms. The van der Waals surface area contributed by atoms with E-state index in [4.69, 9.17) is 4.74 Å². The Morgan fingerprint density at radius 2 is 1.75 bits per heavy atom. The van der Waals surface area contributed by atoms with Crippen molar-refractivity contribution in [3.05, 3.63) is 59.7 Å². The molecule has 1 saturated heterocycles. The largest absolute Gasteiger partial charge is 0.507 e. The van der Waals surface area contributed by atoms with Crippen LogP contribution in [0.2, 0.25) is 0 Å². The summed E-state index contributed by atoms with van der Waals surface area (Å²) >= 11 is 0. The summed E-state index contributed by atoms with van der Waals surface area (Å²) in [5, 5.41) is 13.5. The monoisotopic (exact) mass is 416 g/mol. The van der Waals surface area contributed by atoms with E-state index < -0.39 is 18.6 Å². The van der Waals surface area contributed by atoms with Crippen LogP contribution in [0, 0.1) is 0 Å². The molecule has 4 nitrogen and oxygen atoms in total. The maximum Gasteiger partial charge on any atom is 0.390 e. The van der Waals surface area contributed by atoms with Gasteiger partial charge in [-0.05, 0) is 11.6 Å². The Hall–Kier alpha value is -1.96. The SMILES string of the molecule is Cl.Oc1cc(OCc2ccccc2)ccc1[C@@H](CC(F)(F)F)N1CCNCC1. The second-order valence-corrected chi connectivity index (χ2v) is 6.62. The molecule has 2 aromatic rings. The fraction of sp³-hybridized carbons (Fsp3) is 0.400. The van der Waals surface area contributed by atoms with Gasteiger partial charge in [0, 0.05) is 43.9 Å². The Balaban J connectivity index is 0.00000280. The van der Waals surface area contributed by atoms with Crippen LogP contribution in [0.5, 0.6) is 11.5 Å². The normalized spacial score (nSPS) is 16.2. The molecule has 0 unspecified atom stereocenters. The molecule has 0 aliphatic carbocycles. The highest BCUT2D eigenvalue weighted by molar-refractivity contribution is 5.85. The van der Waals surface area contributed by atoms with Gasteiger partial charge in [-0.15, -0.1) is 12.4 Å². The first kappa shape index (κ1) is 22.3.